The maximum Gasteiger partial charge on any atom is 0.256 e. The molecule has 0 spiro atoms. The molecule has 0 heterocycles. The molecule has 3 nitrogen and oxygen atoms in total. The van der Waals surface area contributed by atoms with Crippen LogP contribution >= 0.6 is 0 Å². The highest BCUT2D eigenvalue weighted by molar-refractivity contribution is 5.97. The minimum Gasteiger partial charge on any atom is -0.380 e. The molecule has 0 bridgehead atoms. The predicted octanol–water partition coefficient (Wildman–Crippen LogP) is 1.82. The zero-order valence-electron chi connectivity index (χ0n) is 8.46. The summed E-state index contributed by atoms with van der Waals surface area (Å²) in [5.74, 6) is -2.14. The first-order valence-corrected chi connectivity index (χ1v) is 4.99. The Balaban J connectivity index is 2.11. The Bertz CT molecular complexity index is 410. The number of anilines is 1. The molecule has 86 valence electrons. The first-order valence-electron chi connectivity index (χ1n) is 4.99. The van der Waals surface area contributed by atoms with E-state index in [1.165, 1.54) is 0 Å². The molecule has 2 N–H and O–H groups in total. The normalized spacial score (nSPS) is 17.7. The fourth-order valence-corrected chi connectivity index (χ4v) is 1.61. The Kier molecular flexibility index (Phi) is 2.63. The highest BCUT2D eigenvalue weighted by Crippen LogP contribution is 2.32. The van der Waals surface area contributed by atoms with Crippen LogP contribution in [0.2, 0.25) is 0 Å². The molecule has 0 saturated heterocycles. The average Bonchev–Trinajstić information content (AvgIpc) is 2.12. The van der Waals surface area contributed by atoms with Crippen molar-refractivity contribution < 1.29 is 18.7 Å². The lowest BCUT2D eigenvalue weighted by Gasteiger charge is -2.34. The van der Waals surface area contributed by atoms with Gasteiger partial charge in [0.2, 0.25) is 0 Å². The van der Waals surface area contributed by atoms with Crippen molar-refractivity contribution in [3.05, 3.63) is 29.8 Å². The Hall–Kier alpha value is -1.49. The highest BCUT2D eigenvalue weighted by Gasteiger charge is 2.41. The molecule has 1 saturated carbocycles. The summed E-state index contributed by atoms with van der Waals surface area (Å²) >= 11 is 0. The van der Waals surface area contributed by atoms with Gasteiger partial charge in [-0.05, 0) is 31.4 Å². The van der Waals surface area contributed by atoms with E-state index < -0.39 is 23.1 Å². The van der Waals surface area contributed by atoms with Gasteiger partial charge in [0.05, 0.1) is 0 Å². The first kappa shape index (κ1) is 11.0. The van der Waals surface area contributed by atoms with Crippen molar-refractivity contribution in [2.45, 2.75) is 24.9 Å². The third kappa shape index (κ3) is 2.04. The molecular formula is C11H11F2NO2. The van der Waals surface area contributed by atoms with E-state index in [2.05, 4.69) is 5.32 Å². The van der Waals surface area contributed by atoms with Crippen LogP contribution < -0.4 is 5.32 Å². The second kappa shape index (κ2) is 3.83. The van der Waals surface area contributed by atoms with E-state index in [0.29, 0.717) is 18.9 Å². The summed E-state index contributed by atoms with van der Waals surface area (Å²) in [6, 6.07) is 2.72. The van der Waals surface area contributed by atoms with E-state index in [0.717, 1.165) is 18.6 Å². The summed E-state index contributed by atoms with van der Waals surface area (Å²) < 4.78 is 25.6. The summed E-state index contributed by atoms with van der Waals surface area (Å²) in [5.41, 5.74) is -1.36. The first-order chi connectivity index (χ1) is 7.49. The van der Waals surface area contributed by atoms with Crippen LogP contribution in [0.25, 0.3) is 0 Å². The number of nitrogens with one attached hydrogen (secondary N) is 1. The van der Waals surface area contributed by atoms with E-state index in [1.54, 1.807) is 0 Å². The second-order valence-corrected chi connectivity index (χ2v) is 4.00. The van der Waals surface area contributed by atoms with E-state index in [4.69, 9.17) is 0 Å². The van der Waals surface area contributed by atoms with Gasteiger partial charge in [-0.15, -0.1) is 0 Å². The Morgan fingerprint density at radius 1 is 1.25 bits per heavy atom. The number of hydrogen-bond acceptors (Lipinski definition) is 2. The molecule has 1 aromatic rings. The molecule has 0 unspecified atom stereocenters. The Labute approximate surface area is 91.1 Å². The van der Waals surface area contributed by atoms with Gasteiger partial charge in [0, 0.05) is 11.8 Å². The van der Waals surface area contributed by atoms with Gasteiger partial charge in [0.25, 0.3) is 5.91 Å². The molecule has 1 fully saturated rings. The molecule has 0 aromatic heterocycles. The fraction of sp³-hybridized carbons (Fsp3) is 0.364. The lowest BCUT2D eigenvalue weighted by atomic mass is 9.79. The van der Waals surface area contributed by atoms with Crippen LogP contribution in [-0.4, -0.2) is 16.6 Å². The van der Waals surface area contributed by atoms with E-state index in [-0.39, 0.29) is 5.69 Å². The topological polar surface area (TPSA) is 49.3 Å². The van der Waals surface area contributed by atoms with Gasteiger partial charge in [0.1, 0.15) is 17.2 Å². The second-order valence-electron chi connectivity index (χ2n) is 4.00. The van der Waals surface area contributed by atoms with Crippen molar-refractivity contribution in [2.24, 2.45) is 0 Å². The number of amides is 1. The molecule has 0 aliphatic heterocycles. The van der Waals surface area contributed by atoms with Crippen LogP contribution in [0.4, 0.5) is 14.5 Å². The molecule has 0 atom stereocenters. The van der Waals surface area contributed by atoms with Crippen LogP contribution in [0, 0.1) is 11.6 Å². The van der Waals surface area contributed by atoms with Crippen molar-refractivity contribution in [1.82, 2.24) is 0 Å². The summed E-state index contributed by atoms with van der Waals surface area (Å²) in [6.45, 7) is 0. The van der Waals surface area contributed by atoms with Crippen LogP contribution in [0.1, 0.15) is 19.3 Å². The number of aliphatic hydroxyl groups is 1. The zero-order valence-corrected chi connectivity index (χ0v) is 8.46. The zero-order chi connectivity index (χ0) is 11.8. The van der Waals surface area contributed by atoms with Crippen molar-refractivity contribution in [1.29, 1.82) is 0 Å². The minimum absolute atomic E-state index is 0.0165. The van der Waals surface area contributed by atoms with Gasteiger partial charge in [-0.1, -0.05) is 0 Å². The van der Waals surface area contributed by atoms with E-state index in [9.17, 15) is 18.7 Å². The summed E-state index contributed by atoms with van der Waals surface area (Å²) in [4.78, 5) is 11.5. The summed E-state index contributed by atoms with van der Waals surface area (Å²) in [7, 11) is 0. The van der Waals surface area contributed by atoms with Gasteiger partial charge < -0.3 is 10.4 Å². The van der Waals surface area contributed by atoms with Gasteiger partial charge in [-0.25, -0.2) is 8.78 Å². The molecule has 16 heavy (non-hydrogen) atoms. The quantitative estimate of drug-likeness (QED) is 0.809. The molecule has 0 radical (unpaired) electrons. The lowest BCUT2D eigenvalue weighted by Crippen LogP contribution is -2.48. The maximum absolute atomic E-state index is 12.8. The van der Waals surface area contributed by atoms with Gasteiger partial charge in [-0.2, -0.15) is 0 Å². The van der Waals surface area contributed by atoms with Crippen molar-refractivity contribution in [2.75, 3.05) is 5.32 Å². The SMILES string of the molecule is O=C(Nc1cc(F)cc(F)c1)C1(O)CCC1. The standard InChI is InChI=1S/C11H11F2NO2/c12-7-4-8(13)6-9(5-7)14-10(15)11(16)2-1-3-11/h4-6,16H,1-3H2,(H,14,15). The van der Waals surface area contributed by atoms with Crippen LogP contribution in [0.5, 0.6) is 0 Å². The number of carbonyl (C=O) groups is 1. The number of carbonyl (C=O) groups excluding carboxylic acids is 1. The third-order valence-electron chi connectivity index (χ3n) is 2.72. The Morgan fingerprint density at radius 2 is 1.81 bits per heavy atom. The lowest BCUT2D eigenvalue weighted by molar-refractivity contribution is -0.142. The average molecular weight is 227 g/mol. The van der Waals surface area contributed by atoms with Crippen molar-refractivity contribution in [3.63, 3.8) is 0 Å². The van der Waals surface area contributed by atoms with Gasteiger partial charge >= 0.3 is 0 Å². The van der Waals surface area contributed by atoms with Crippen LogP contribution in [-0.2, 0) is 4.79 Å². The molecule has 1 aromatic carbocycles. The molecule has 2 rings (SSSR count). The molecule has 1 aliphatic carbocycles. The highest BCUT2D eigenvalue weighted by atomic mass is 19.1. The molecule has 1 aliphatic rings. The third-order valence-corrected chi connectivity index (χ3v) is 2.72. The largest absolute Gasteiger partial charge is 0.380 e. The van der Waals surface area contributed by atoms with Gasteiger partial charge in [0.15, 0.2) is 0 Å². The fourth-order valence-electron chi connectivity index (χ4n) is 1.61. The van der Waals surface area contributed by atoms with Crippen LogP contribution in [0.3, 0.4) is 0 Å². The molecular weight excluding hydrogens is 216 g/mol. The van der Waals surface area contributed by atoms with Gasteiger partial charge in [-0.3, -0.25) is 4.79 Å². The number of hydrogen-bond donors (Lipinski definition) is 2. The monoisotopic (exact) mass is 227 g/mol. The Morgan fingerprint density at radius 3 is 2.25 bits per heavy atom. The summed E-state index contributed by atoms with van der Waals surface area (Å²) in [6.07, 6.45) is 1.55. The molecule has 1 amide bonds. The number of halogens is 2. The van der Waals surface area contributed by atoms with Crippen molar-refractivity contribution >= 4 is 11.6 Å². The maximum atomic E-state index is 12.8. The minimum atomic E-state index is -1.37. The van der Waals surface area contributed by atoms with E-state index >= 15 is 0 Å². The van der Waals surface area contributed by atoms with Crippen LogP contribution in [0.15, 0.2) is 18.2 Å². The number of benzene rings is 1. The number of rotatable bonds is 2. The van der Waals surface area contributed by atoms with E-state index in [1.807, 2.05) is 0 Å². The smallest absolute Gasteiger partial charge is 0.256 e. The predicted molar refractivity (Wildman–Crippen MR) is 53.8 cm³/mol. The van der Waals surface area contributed by atoms with Crippen molar-refractivity contribution in [3.8, 4) is 0 Å². The summed E-state index contributed by atoms with van der Waals surface area (Å²) in [5, 5.41) is 12.0. The molecule has 5 heteroatoms.